The molecule has 0 bridgehead atoms. The van der Waals surface area contributed by atoms with Gasteiger partial charge in [-0.1, -0.05) is 6.07 Å². The molecule has 1 aliphatic rings. The summed E-state index contributed by atoms with van der Waals surface area (Å²) < 4.78 is 26.6. The summed E-state index contributed by atoms with van der Waals surface area (Å²) in [5.41, 5.74) is 0.0493. The third-order valence-electron chi connectivity index (χ3n) is 4.61. The summed E-state index contributed by atoms with van der Waals surface area (Å²) in [6, 6.07) is 8.25. The first-order valence-electron chi connectivity index (χ1n) is 9.18. The standard InChI is InChI=1S/C20H17F2N5O2S/c21-14-9-13(10-15(22)11-14)18(28)25-20-24-16(12-30-20)19(29)27-7-5-26(6-8-27)17-3-1-2-4-23-17/h1-4,9-12H,5-8H2,(H,24,25,28). The number of thiazole rings is 1. The van der Waals surface area contributed by atoms with Crippen molar-refractivity contribution in [2.75, 3.05) is 36.4 Å². The highest BCUT2D eigenvalue weighted by atomic mass is 32.1. The number of piperazine rings is 1. The van der Waals surface area contributed by atoms with Crippen molar-refractivity contribution in [1.82, 2.24) is 14.9 Å². The Labute approximate surface area is 175 Å². The Morgan fingerprint density at radius 3 is 2.43 bits per heavy atom. The minimum Gasteiger partial charge on any atom is -0.353 e. The first-order chi connectivity index (χ1) is 14.5. The van der Waals surface area contributed by atoms with E-state index >= 15 is 0 Å². The van der Waals surface area contributed by atoms with Crippen LogP contribution in [0, 0.1) is 11.6 Å². The number of hydrogen-bond donors (Lipinski definition) is 1. The van der Waals surface area contributed by atoms with Gasteiger partial charge in [0.1, 0.15) is 23.1 Å². The van der Waals surface area contributed by atoms with E-state index < -0.39 is 17.5 Å². The zero-order chi connectivity index (χ0) is 21.1. The lowest BCUT2D eigenvalue weighted by molar-refractivity contribution is 0.0741. The van der Waals surface area contributed by atoms with Crippen LogP contribution in [0.15, 0.2) is 48.0 Å². The van der Waals surface area contributed by atoms with Crippen LogP contribution in [-0.2, 0) is 0 Å². The van der Waals surface area contributed by atoms with Crippen molar-refractivity contribution in [2.45, 2.75) is 0 Å². The highest BCUT2D eigenvalue weighted by Gasteiger charge is 2.24. The number of pyridine rings is 1. The summed E-state index contributed by atoms with van der Waals surface area (Å²) >= 11 is 1.07. The number of carbonyl (C=O) groups excluding carboxylic acids is 2. The second-order valence-corrected chi connectivity index (χ2v) is 7.48. The van der Waals surface area contributed by atoms with E-state index in [-0.39, 0.29) is 22.3 Å². The third-order valence-corrected chi connectivity index (χ3v) is 5.37. The number of benzene rings is 1. The van der Waals surface area contributed by atoms with Crippen molar-refractivity contribution in [3.8, 4) is 0 Å². The van der Waals surface area contributed by atoms with Gasteiger partial charge in [-0.05, 0) is 24.3 Å². The van der Waals surface area contributed by atoms with Crippen LogP contribution in [0.3, 0.4) is 0 Å². The predicted molar refractivity (Wildman–Crippen MR) is 109 cm³/mol. The average Bonchev–Trinajstić information content (AvgIpc) is 3.22. The van der Waals surface area contributed by atoms with Crippen LogP contribution in [0.4, 0.5) is 19.7 Å². The molecular weight excluding hydrogens is 412 g/mol. The summed E-state index contributed by atoms with van der Waals surface area (Å²) in [6.45, 7) is 2.36. The van der Waals surface area contributed by atoms with E-state index in [9.17, 15) is 18.4 Å². The largest absolute Gasteiger partial charge is 0.353 e. The van der Waals surface area contributed by atoms with Crippen LogP contribution in [0.25, 0.3) is 0 Å². The lowest BCUT2D eigenvalue weighted by Crippen LogP contribution is -2.49. The normalized spacial score (nSPS) is 13.9. The summed E-state index contributed by atoms with van der Waals surface area (Å²) in [5, 5.41) is 4.20. The maximum absolute atomic E-state index is 13.3. The molecule has 0 aliphatic carbocycles. The molecule has 1 aliphatic heterocycles. The number of nitrogens with one attached hydrogen (secondary N) is 1. The molecule has 0 spiro atoms. The molecule has 1 N–H and O–H groups in total. The van der Waals surface area contributed by atoms with Gasteiger partial charge in [0.25, 0.3) is 11.8 Å². The van der Waals surface area contributed by atoms with Crippen molar-refractivity contribution in [3.05, 3.63) is 70.9 Å². The van der Waals surface area contributed by atoms with Crippen molar-refractivity contribution in [1.29, 1.82) is 0 Å². The molecule has 154 valence electrons. The third kappa shape index (κ3) is 4.43. The molecule has 0 saturated carbocycles. The quantitative estimate of drug-likeness (QED) is 0.690. The van der Waals surface area contributed by atoms with Crippen LogP contribution in [-0.4, -0.2) is 52.9 Å². The molecule has 4 rings (SSSR count). The molecule has 2 aromatic heterocycles. The number of anilines is 2. The first-order valence-corrected chi connectivity index (χ1v) is 10.1. The molecule has 7 nitrogen and oxygen atoms in total. The van der Waals surface area contributed by atoms with Gasteiger partial charge in [0.15, 0.2) is 5.13 Å². The molecule has 1 aromatic carbocycles. The van der Waals surface area contributed by atoms with E-state index in [1.807, 2.05) is 18.2 Å². The van der Waals surface area contributed by atoms with E-state index in [1.165, 1.54) is 0 Å². The van der Waals surface area contributed by atoms with Gasteiger partial charge in [0.2, 0.25) is 0 Å². The number of rotatable bonds is 4. The van der Waals surface area contributed by atoms with Crippen molar-refractivity contribution >= 4 is 34.1 Å². The maximum atomic E-state index is 13.3. The predicted octanol–water partition coefficient (Wildman–Crippen LogP) is 3.03. The minimum absolute atomic E-state index is 0.166. The lowest BCUT2D eigenvalue weighted by Gasteiger charge is -2.35. The number of amides is 2. The number of hydrogen-bond acceptors (Lipinski definition) is 6. The molecule has 0 radical (unpaired) electrons. The van der Waals surface area contributed by atoms with Crippen LogP contribution >= 0.6 is 11.3 Å². The smallest absolute Gasteiger partial charge is 0.273 e. The minimum atomic E-state index is -0.847. The molecule has 1 fully saturated rings. The summed E-state index contributed by atoms with van der Waals surface area (Å²) in [7, 11) is 0. The van der Waals surface area contributed by atoms with E-state index in [0.717, 1.165) is 29.3 Å². The first kappa shape index (κ1) is 19.9. The topological polar surface area (TPSA) is 78.4 Å². The Kier molecular flexibility index (Phi) is 5.66. The second kappa shape index (κ2) is 8.54. The number of nitrogens with zero attached hydrogens (tertiary/aromatic N) is 4. The Balaban J connectivity index is 1.37. The molecular formula is C20H17F2N5O2S. The van der Waals surface area contributed by atoms with E-state index in [2.05, 4.69) is 20.2 Å². The number of aromatic nitrogens is 2. The summed E-state index contributed by atoms with van der Waals surface area (Å²) in [6.07, 6.45) is 1.73. The molecule has 2 amide bonds. The van der Waals surface area contributed by atoms with Gasteiger partial charge in [-0.15, -0.1) is 11.3 Å². The maximum Gasteiger partial charge on any atom is 0.273 e. The zero-order valence-electron chi connectivity index (χ0n) is 15.7. The van der Waals surface area contributed by atoms with Gasteiger partial charge in [0, 0.05) is 49.4 Å². The fraction of sp³-hybridized carbons (Fsp3) is 0.200. The van der Waals surface area contributed by atoms with Crippen LogP contribution in [0.5, 0.6) is 0 Å². The van der Waals surface area contributed by atoms with Gasteiger partial charge >= 0.3 is 0 Å². The molecule has 3 heterocycles. The highest BCUT2D eigenvalue weighted by Crippen LogP contribution is 2.20. The second-order valence-electron chi connectivity index (χ2n) is 6.62. The zero-order valence-corrected chi connectivity index (χ0v) is 16.5. The molecule has 10 heteroatoms. The van der Waals surface area contributed by atoms with Gasteiger partial charge in [-0.2, -0.15) is 0 Å². The lowest BCUT2D eigenvalue weighted by atomic mass is 10.2. The number of carbonyl (C=O) groups is 2. The molecule has 30 heavy (non-hydrogen) atoms. The van der Waals surface area contributed by atoms with Crippen molar-refractivity contribution in [3.63, 3.8) is 0 Å². The summed E-state index contributed by atoms with van der Waals surface area (Å²) in [5.74, 6) is -1.76. The van der Waals surface area contributed by atoms with Crippen LogP contribution < -0.4 is 10.2 Å². The van der Waals surface area contributed by atoms with E-state index in [0.29, 0.717) is 32.2 Å². The van der Waals surface area contributed by atoms with Gasteiger partial charge < -0.3 is 9.80 Å². The van der Waals surface area contributed by atoms with E-state index in [4.69, 9.17) is 0 Å². The Bertz CT molecular complexity index is 1050. The molecule has 1 saturated heterocycles. The van der Waals surface area contributed by atoms with Gasteiger partial charge in [0.05, 0.1) is 0 Å². The Morgan fingerprint density at radius 2 is 1.77 bits per heavy atom. The van der Waals surface area contributed by atoms with Crippen LogP contribution in [0.1, 0.15) is 20.8 Å². The molecule has 0 unspecified atom stereocenters. The molecule has 0 atom stereocenters. The highest BCUT2D eigenvalue weighted by molar-refractivity contribution is 7.14. The fourth-order valence-corrected chi connectivity index (χ4v) is 3.80. The SMILES string of the molecule is O=C(Nc1nc(C(=O)N2CCN(c3ccccn3)CC2)cs1)c1cc(F)cc(F)c1. The fourth-order valence-electron chi connectivity index (χ4n) is 3.13. The van der Waals surface area contributed by atoms with Crippen LogP contribution in [0.2, 0.25) is 0 Å². The monoisotopic (exact) mass is 429 g/mol. The van der Waals surface area contributed by atoms with E-state index in [1.54, 1.807) is 16.5 Å². The van der Waals surface area contributed by atoms with Gasteiger partial charge in [-0.3, -0.25) is 14.9 Å². The van der Waals surface area contributed by atoms with Gasteiger partial charge in [-0.25, -0.2) is 18.7 Å². The van der Waals surface area contributed by atoms with Crippen molar-refractivity contribution in [2.24, 2.45) is 0 Å². The summed E-state index contributed by atoms with van der Waals surface area (Å²) in [4.78, 5) is 37.2. The average molecular weight is 429 g/mol. The Morgan fingerprint density at radius 1 is 1.03 bits per heavy atom. The van der Waals surface area contributed by atoms with Crippen molar-refractivity contribution < 1.29 is 18.4 Å². The Hall–Kier alpha value is -3.40. The molecule has 3 aromatic rings. The number of halogens is 2.